The Morgan fingerprint density at radius 3 is 2.89 bits per heavy atom. The van der Waals surface area contributed by atoms with Crippen LogP contribution in [0, 0.1) is 5.92 Å². The van der Waals surface area contributed by atoms with E-state index in [2.05, 4.69) is 63.3 Å². The lowest BCUT2D eigenvalue weighted by Crippen LogP contribution is -2.28. The lowest BCUT2D eigenvalue weighted by Gasteiger charge is -2.26. The molecule has 1 aliphatic rings. The molecular formula is C15H24BrN3. The number of nitrogens with zero attached hydrogens (tertiary/aromatic N) is 2. The highest BCUT2D eigenvalue weighted by atomic mass is 79.9. The van der Waals surface area contributed by atoms with Gasteiger partial charge in [0.1, 0.15) is 0 Å². The van der Waals surface area contributed by atoms with Crippen LogP contribution in [-0.4, -0.2) is 45.7 Å². The van der Waals surface area contributed by atoms with Gasteiger partial charge < -0.3 is 15.1 Å². The Labute approximate surface area is 125 Å². The predicted molar refractivity (Wildman–Crippen MR) is 85.8 cm³/mol. The van der Waals surface area contributed by atoms with E-state index in [1.165, 1.54) is 30.8 Å². The van der Waals surface area contributed by atoms with Crippen LogP contribution in [0.15, 0.2) is 22.7 Å². The zero-order valence-corrected chi connectivity index (χ0v) is 13.7. The summed E-state index contributed by atoms with van der Waals surface area (Å²) < 4.78 is 1.15. The summed E-state index contributed by atoms with van der Waals surface area (Å²) in [6.07, 6.45) is 1.32. The van der Waals surface area contributed by atoms with Crippen molar-refractivity contribution in [2.75, 3.05) is 45.7 Å². The SMILES string of the molecule is CNCc1cc(Br)ccc1N(C)CC1CCN(C)C1. The van der Waals surface area contributed by atoms with Crippen LogP contribution >= 0.6 is 15.9 Å². The van der Waals surface area contributed by atoms with E-state index in [1.807, 2.05) is 7.05 Å². The number of halogens is 1. The summed E-state index contributed by atoms with van der Waals surface area (Å²) >= 11 is 3.56. The molecule has 0 amide bonds. The van der Waals surface area contributed by atoms with E-state index in [9.17, 15) is 0 Å². The second-order valence-electron chi connectivity index (χ2n) is 5.60. The fourth-order valence-electron chi connectivity index (χ4n) is 2.92. The number of anilines is 1. The monoisotopic (exact) mass is 325 g/mol. The van der Waals surface area contributed by atoms with Crippen LogP contribution in [0.3, 0.4) is 0 Å². The molecule has 0 bridgehead atoms. The Kier molecular flexibility index (Phi) is 5.25. The van der Waals surface area contributed by atoms with Gasteiger partial charge in [-0.25, -0.2) is 0 Å². The van der Waals surface area contributed by atoms with Crippen LogP contribution in [-0.2, 0) is 6.54 Å². The van der Waals surface area contributed by atoms with Crippen molar-refractivity contribution in [1.29, 1.82) is 0 Å². The van der Waals surface area contributed by atoms with Crippen LogP contribution in [0.1, 0.15) is 12.0 Å². The van der Waals surface area contributed by atoms with Gasteiger partial charge >= 0.3 is 0 Å². The van der Waals surface area contributed by atoms with Crippen LogP contribution in [0.5, 0.6) is 0 Å². The highest BCUT2D eigenvalue weighted by molar-refractivity contribution is 9.10. The summed E-state index contributed by atoms with van der Waals surface area (Å²) in [5.41, 5.74) is 2.69. The Hall–Kier alpha value is -0.580. The van der Waals surface area contributed by atoms with Crippen molar-refractivity contribution >= 4 is 21.6 Å². The van der Waals surface area contributed by atoms with Crippen molar-refractivity contribution in [2.45, 2.75) is 13.0 Å². The minimum Gasteiger partial charge on any atom is -0.374 e. The van der Waals surface area contributed by atoms with Crippen molar-refractivity contribution in [3.63, 3.8) is 0 Å². The largest absolute Gasteiger partial charge is 0.374 e. The summed E-state index contributed by atoms with van der Waals surface area (Å²) in [7, 11) is 6.42. The number of rotatable bonds is 5. The molecule has 0 aliphatic carbocycles. The fourth-order valence-corrected chi connectivity index (χ4v) is 3.33. The van der Waals surface area contributed by atoms with Gasteiger partial charge in [0.05, 0.1) is 0 Å². The van der Waals surface area contributed by atoms with Gasteiger partial charge in [-0.2, -0.15) is 0 Å². The Bertz CT molecular complexity index is 422. The average molecular weight is 326 g/mol. The molecule has 1 heterocycles. The van der Waals surface area contributed by atoms with Gasteiger partial charge in [0.2, 0.25) is 0 Å². The lowest BCUT2D eigenvalue weighted by atomic mass is 10.1. The number of nitrogens with one attached hydrogen (secondary N) is 1. The molecule has 1 atom stereocenters. The third-order valence-corrected chi connectivity index (χ3v) is 4.33. The molecule has 1 aromatic carbocycles. The second-order valence-corrected chi connectivity index (χ2v) is 6.52. The lowest BCUT2D eigenvalue weighted by molar-refractivity contribution is 0.396. The molecule has 0 radical (unpaired) electrons. The summed E-state index contributed by atoms with van der Waals surface area (Å²) in [5, 5.41) is 3.25. The molecule has 1 N–H and O–H groups in total. The zero-order valence-electron chi connectivity index (χ0n) is 12.1. The molecular weight excluding hydrogens is 302 g/mol. The third kappa shape index (κ3) is 3.94. The fraction of sp³-hybridized carbons (Fsp3) is 0.600. The summed E-state index contributed by atoms with van der Waals surface area (Å²) in [6.45, 7) is 4.51. The average Bonchev–Trinajstić information content (AvgIpc) is 2.75. The molecule has 0 saturated carbocycles. The third-order valence-electron chi connectivity index (χ3n) is 3.84. The molecule has 1 unspecified atom stereocenters. The predicted octanol–water partition coefficient (Wildman–Crippen LogP) is 2.56. The van der Waals surface area contributed by atoms with Crippen molar-refractivity contribution in [1.82, 2.24) is 10.2 Å². The molecule has 2 rings (SSSR count). The molecule has 1 saturated heterocycles. The molecule has 4 heteroatoms. The molecule has 0 aromatic heterocycles. The number of hydrogen-bond acceptors (Lipinski definition) is 3. The smallest absolute Gasteiger partial charge is 0.0410 e. The maximum absolute atomic E-state index is 3.56. The maximum Gasteiger partial charge on any atom is 0.0410 e. The number of hydrogen-bond donors (Lipinski definition) is 1. The Morgan fingerprint density at radius 2 is 2.26 bits per heavy atom. The van der Waals surface area contributed by atoms with Crippen LogP contribution < -0.4 is 10.2 Å². The van der Waals surface area contributed by atoms with E-state index in [-0.39, 0.29) is 0 Å². The molecule has 1 fully saturated rings. The van der Waals surface area contributed by atoms with Crippen molar-refractivity contribution in [3.8, 4) is 0 Å². The molecule has 1 aromatic rings. The standard InChI is InChI=1S/C15H24BrN3/c1-17-9-13-8-14(16)4-5-15(13)19(3)11-12-6-7-18(2)10-12/h4-5,8,12,17H,6-7,9-11H2,1-3H3. The summed E-state index contributed by atoms with van der Waals surface area (Å²) in [6, 6.07) is 6.56. The van der Waals surface area contributed by atoms with Crippen molar-refractivity contribution < 1.29 is 0 Å². The van der Waals surface area contributed by atoms with Gasteiger partial charge in [0, 0.05) is 36.8 Å². The highest BCUT2D eigenvalue weighted by Crippen LogP contribution is 2.26. The second kappa shape index (κ2) is 6.73. The first kappa shape index (κ1) is 14.8. The van der Waals surface area contributed by atoms with E-state index < -0.39 is 0 Å². The van der Waals surface area contributed by atoms with Crippen molar-refractivity contribution in [3.05, 3.63) is 28.2 Å². The van der Waals surface area contributed by atoms with E-state index in [4.69, 9.17) is 0 Å². The van der Waals surface area contributed by atoms with Gasteiger partial charge in [-0.3, -0.25) is 0 Å². The normalized spacial score (nSPS) is 19.9. The first-order chi connectivity index (χ1) is 9.10. The van der Waals surface area contributed by atoms with Gasteiger partial charge in [-0.1, -0.05) is 15.9 Å². The summed E-state index contributed by atoms with van der Waals surface area (Å²) in [4.78, 5) is 4.83. The quantitative estimate of drug-likeness (QED) is 0.897. The Morgan fingerprint density at radius 1 is 1.47 bits per heavy atom. The van der Waals surface area contributed by atoms with E-state index in [0.717, 1.165) is 23.5 Å². The molecule has 0 spiro atoms. The van der Waals surface area contributed by atoms with E-state index >= 15 is 0 Å². The van der Waals surface area contributed by atoms with E-state index in [1.54, 1.807) is 0 Å². The van der Waals surface area contributed by atoms with Crippen LogP contribution in [0.25, 0.3) is 0 Å². The van der Waals surface area contributed by atoms with Crippen LogP contribution in [0.2, 0.25) is 0 Å². The highest BCUT2D eigenvalue weighted by Gasteiger charge is 2.21. The minimum absolute atomic E-state index is 0.793. The van der Waals surface area contributed by atoms with Gasteiger partial charge in [0.25, 0.3) is 0 Å². The molecule has 19 heavy (non-hydrogen) atoms. The first-order valence-electron chi connectivity index (χ1n) is 6.93. The van der Waals surface area contributed by atoms with Gasteiger partial charge in [0.15, 0.2) is 0 Å². The number of likely N-dealkylation sites (tertiary alicyclic amines) is 1. The summed E-state index contributed by atoms with van der Waals surface area (Å²) in [5.74, 6) is 0.793. The maximum atomic E-state index is 3.56. The zero-order chi connectivity index (χ0) is 13.8. The van der Waals surface area contributed by atoms with Gasteiger partial charge in [-0.15, -0.1) is 0 Å². The van der Waals surface area contributed by atoms with Crippen LogP contribution in [0.4, 0.5) is 5.69 Å². The minimum atomic E-state index is 0.793. The van der Waals surface area contributed by atoms with Crippen molar-refractivity contribution in [2.24, 2.45) is 5.92 Å². The molecule has 3 nitrogen and oxygen atoms in total. The molecule has 1 aliphatic heterocycles. The van der Waals surface area contributed by atoms with E-state index in [0.29, 0.717) is 0 Å². The molecule has 106 valence electrons. The Balaban J connectivity index is 2.07. The number of benzene rings is 1. The topological polar surface area (TPSA) is 18.5 Å². The van der Waals surface area contributed by atoms with Gasteiger partial charge in [-0.05, 0) is 56.7 Å². The first-order valence-corrected chi connectivity index (χ1v) is 7.72.